The molecule has 0 radical (unpaired) electrons. The van der Waals surface area contributed by atoms with Gasteiger partial charge in [-0.2, -0.15) is 0 Å². The molecule has 1 N–H and O–H groups in total. The molecule has 7 heteroatoms. The Balaban J connectivity index is 2.56. The van der Waals surface area contributed by atoms with Crippen molar-refractivity contribution < 1.29 is 16.8 Å². The molecular weight excluding hydrogens is 298 g/mol. The summed E-state index contributed by atoms with van der Waals surface area (Å²) in [6, 6.07) is 0.352. The largest absolute Gasteiger partial charge is 0.314 e. The molecule has 0 aromatic carbocycles. The molecule has 0 amide bonds. The van der Waals surface area contributed by atoms with Crippen LogP contribution in [-0.2, 0) is 19.7 Å². The topological polar surface area (TPSA) is 80.3 Å². The highest BCUT2D eigenvalue weighted by Crippen LogP contribution is 2.29. The van der Waals surface area contributed by atoms with Gasteiger partial charge in [-0.05, 0) is 37.6 Å². The summed E-state index contributed by atoms with van der Waals surface area (Å²) < 4.78 is 45.6. The monoisotopic (exact) mass is 325 g/mol. The van der Waals surface area contributed by atoms with E-state index in [1.165, 1.54) is 6.26 Å². The Kier molecular flexibility index (Phi) is 6.47. The van der Waals surface area contributed by atoms with Crippen LogP contribution in [0.2, 0.25) is 0 Å². The highest BCUT2D eigenvalue weighted by atomic mass is 32.2. The van der Waals surface area contributed by atoms with Crippen LogP contribution in [0.15, 0.2) is 0 Å². The molecule has 2 atom stereocenters. The molecule has 0 saturated carbocycles. The first-order valence-corrected chi connectivity index (χ1v) is 11.1. The zero-order chi connectivity index (χ0) is 15.4. The second-order valence-corrected chi connectivity index (χ2v) is 10.7. The number of rotatable bonds is 8. The van der Waals surface area contributed by atoms with E-state index in [1.807, 2.05) is 0 Å². The van der Waals surface area contributed by atoms with Crippen molar-refractivity contribution in [2.24, 2.45) is 11.8 Å². The van der Waals surface area contributed by atoms with Crippen LogP contribution in [0.5, 0.6) is 0 Å². The molecule has 1 heterocycles. The van der Waals surface area contributed by atoms with Gasteiger partial charge in [0.25, 0.3) is 0 Å². The molecule has 20 heavy (non-hydrogen) atoms. The summed E-state index contributed by atoms with van der Waals surface area (Å²) >= 11 is 0. The van der Waals surface area contributed by atoms with E-state index < -0.39 is 19.7 Å². The van der Waals surface area contributed by atoms with E-state index in [2.05, 4.69) is 19.2 Å². The lowest BCUT2D eigenvalue weighted by Crippen LogP contribution is -2.33. The second-order valence-electron chi connectivity index (χ2n) is 6.26. The van der Waals surface area contributed by atoms with Crippen LogP contribution in [0.25, 0.3) is 0 Å². The van der Waals surface area contributed by atoms with E-state index in [1.54, 1.807) is 0 Å². The lowest BCUT2D eigenvalue weighted by molar-refractivity contribution is 0.314. The lowest BCUT2D eigenvalue weighted by atomic mass is 9.88. The second kappa shape index (κ2) is 7.22. The highest BCUT2D eigenvalue weighted by Gasteiger charge is 2.33. The lowest BCUT2D eigenvalue weighted by Gasteiger charge is -2.24. The third-order valence-corrected chi connectivity index (χ3v) is 6.64. The molecule has 5 nitrogen and oxygen atoms in total. The third kappa shape index (κ3) is 7.04. The molecule has 1 fully saturated rings. The van der Waals surface area contributed by atoms with E-state index in [0.29, 0.717) is 18.9 Å². The first-order chi connectivity index (χ1) is 9.09. The van der Waals surface area contributed by atoms with Crippen molar-refractivity contribution in [3.63, 3.8) is 0 Å². The summed E-state index contributed by atoms with van der Waals surface area (Å²) in [7, 11) is -5.81. The number of hydrogen-bond donors (Lipinski definition) is 1. The molecular formula is C13H27NO4S2. The smallest absolute Gasteiger partial charge is 0.150 e. The van der Waals surface area contributed by atoms with Gasteiger partial charge in [-0.1, -0.05) is 13.8 Å². The normalized spacial score (nSPS) is 24.1. The summed E-state index contributed by atoms with van der Waals surface area (Å²) in [5, 5.41) is 3.35. The predicted molar refractivity (Wildman–Crippen MR) is 82.3 cm³/mol. The van der Waals surface area contributed by atoms with Crippen molar-refractivity contribution in [1.29, 1.82) is 0 Å². The predicted octanol–water partition coefficient (Wildman–Crippen LogP) is 0.860. The molecule has 0 bridgehead atoms. The van der Waals surface area contributed by atoms with Gasteiger partial charge in [0.1, 0.15) is 9.84 Å². The molecule has 0 aliphatic carbocycles. The average Bonchev–Trinajstić information content (AvgIpc) is 2.62. The SMILES string of the molecule is CC(C)NCC(CCCS(C)(=O)=O)C1CCS(=O)(=O)C1. The molecule has 1 aliphatic heterocycles. The fourth-order valence-electron chi connectivity index (χ4n) is 2.69. The molecule has 1 aliphatic rings. The fourth-order valence-corrected chi connectivity index (χ4v) is 5.31. The maximum absolute atomic E-state index is 11.6. The summed E-state index contributed by atoms with van der Waals surface area (Å²) in [6.45, 7) is 4.87. The minimum Gasteiger partial charge on any atom is -0.314 e. The van der Waals surface area contributed by atoms with Crippen LogP contribution in [0.1, 0.15) is 33.1 Å². The zero-order valence-corrected chi connectivity index (χ0v) is 14.3. The molecule has 120 valence electrons. The fraction of sp³-hybridized carbons (Fsp3) is 1.00. The Morgan fingerprint density at radius 3 is 2.40 bits per heavy atom. The maximum Gasteiger partial charge on any atom is 0.150 e. The highest BCUT2D eigenvalue weighted by molar-refractivity contribution is 7.91. The van der Waals surface area contributed by atoms with Gasteiger partial charge in [0, 0.05) is 18.1 Å². The first kappa shape index (κ1) is 17.9. The summed E-state index contributed by atoms with van der Waals surface area (Å²) in [5.41, 5.74) is 0. The van der Waals surface area contributed by atoms with Crippen LogP contribution in [0.3, 0.4) is 0 Å². The van der Waals surface area contributed by atoms with E-state index in [4.69, 9.17) is 0 Å². The van der Waals surface area contributed by atoms with Crippen LogP contribution >= 0.6 is 0 Å². The minimum atomic E-state index is -2.94. The third-order valence-electron chi connectivity index (χ3n) is 3.81. The summed E-state index contributed by atoms with van der Waals surface area (Å²) in [6.07, 6.45) is 3.34. The van der Waals surface area contributed by atoms with Crippen molar-refractivity contribution in [2.75, 3.05) is 30.1 Å². The van der Waals surface area contributed by atoms with E-state index in [9.17, 15) is 16.8 Å². The number of sulfone groups is 2. The maximum atomic E-state index is 11.6. The van der Waals surface area contributed by atoms with Crippen LogP contribution in [0, 0.1) is 11.8 Å². The molecule has 1 rings (SSSR count). The minimum absolute atomic E-state index is 0.172. The van der Waals surface area contributed by atoms with Gasteiger partial charge in [0.15, 0.2) is 9.84 Å². The van der Waals surface area contributed by atoms with Gasteiger partial charge < -0.3 is 5.32 Å². The Morgan fingerprint density at radius 2 is 1.95 bits per heavy atom. The first-order valence-electron chi connectivity index (χ1n) is 7.20. The van der Waals surface area contributed by atoms with Gasteiger partial charge in [-0.3, -0.25) is 0 Å². The molecule has 1 saturated heterocycles. The summed E-state index contributed by atoms with van der Waals surface area (Å²) in [4.78, 5) is 0. The van der Waals surface area contributed by atoms with Crippen molar-refractivity contribution in [1.82, 2.24) is 5.32 Å². The summed E-state index contributed by atoms with van der Waals surface area (Å²) in [5.74, 6) is 1.14. The van der Waals surface area contributed by atoms with Crippen LogP contribution in [0.4, 0.5) is 0 Å². The van der Waals surface area contributed by atoms with Gasteiger partial charge in [-0.25, -0.2) is 16.8 Å². The molecule has 0 aromatic heterocycles. The zero-order valence-electron chi connectivity index (χ0n) is 12.6. The van der Waals surface area contributed by atoms with Crippen molar-refractivity contribution in [3.05, 3.63) is 0 Å². The molecule has 0 aromatic rings. The molecule has 0 spiro atoms. The van der Waals surface area contributed by atoms with Crippen LogP contribution < -0.4 is 5.32 Å². The Hall–Kier alpha value is -0.140. The van der Waals surface area contributed by atoms with Crippen LogP contribution in [-0.4, -0.2) is 52.9 Å². The van der Waals surface area contributed by atoms with Gasteiger partial charge >= 0.3 is 0 Å². The van der Waals surface area contributed by atoms with Gasteiger partial charge in [0.2, 0.25) is 0 Å². The average molecular weight is 325 g/mol. The Bertz CT molecular complexity index is 496. The van der Waals surface area contributed by atoms with E-state index >= 15 is 0 Å². The standard InChI is InChI=1S/C13H27NO4S2/c1-11(2)14-9-12(5-4-7-19(3,15)16)13-6-8-20(17,18)10-13/h11-14H,4-10H2,1-3H3. The van der Waals surface area contributed by atoms with Crippen molar-refractivity contribution in [3.8, 4) is 0 Å². The number of nitrogens with one attached hydrogen (secondary N) is 1. The Morgan fingerprint density at radius 1 is 1.30 bits per heavy atom. The van der Waals surface area contributed by atoms with Gasteiger partial charge in [0.05, 0.1) is 11.5 Å². The van der Waals surface area contributed by atoms with E-state index in [-0.39, 0.29) is 29.1 Å². The van der Waals surface area contributed by atoms with E-state index in [0.717, 1.165) is 13.0 Å². The number of hydrogen-bond acceptors (Lipinski definition) is 5. The van der Waals surface area contributed by atoms with Crippen molar-refractivity contribution in [2.45, 2.75) is 39.2 Å². The quantitative estimate of drug-likeness (QED) is 0.716. The Labute approximate surface area is 123 Å². The van der Waals surface area contributed by atoms with Crippen molar-refractivity contribution >= 4 is 19.7 Å². The van der Waals surface area contributed by atoms with Gasteiger partial charge in [-0.15, -0.1) is 0 Å². The molecule has 2 unspecified atom stereocenters.